The molecule has 258 valence electrons. The Bertz CT molecular complexity index is 1650. The van der Waals surface area contributed by atoms with Crippen LogP contribution in [0.4, 0.5) is 5.69 Å². The second kappa shape index (κ2) is 19.7. The van der Waals surface area contributed by atoms with E-state index in [1.165, 1.54) is 4.90 Å². The molecule has 0 aliphatic carbocycles. The molecule has 4 aromatic rings. The van der Waals surface area contributed by atoms with E-state index >= 15 is 0 Å². The summed E-state index contributed by atoms with van der Waals surface area (Å²) in [5.74, 6) is -4.02. The van der Waals surface area contributed by atoms with Gasteiger partial charge in [0.25, 0.3) is 0 Å². The first kappa shape index (κ1) is 38.5. The summed E-state index contributed by atoms with van der Waals surface area (Å²) in [4.78, 5) is 63.7. The molecular formula is C39H43ClN2O7. The topological polar surface area (TPSA) is 102 Å². The lowest BCUT2D eigenvalue weighted by atomic mass is 9.96. The van der Waals surface area contributed by atoms with Gasteiger partial charge in [-0.1, -0.05) is 102 Å². The number of carbonyl (C=O) groups excluding carboxylic acids is 4. The molecule has 2 unspecified atom stereocenters. The third-order valence-electron chi connectivity index (χ3n) is 7.60. The van der Waals surface area contributed by atoms with Crippen LogP contribution in [0.5, 0.6) is 0 Å². The number of esters is 1. The minimum Gasteiger partial charge on any atom is -0.465 e. The molecule has 0 aromatic heterocycles. The van der Waals surface area contributed by atoms with Crippen LogP contribution in [0.15, 0.2) is 109 Å². The summed E-state index contributed by atoms with van der Waals surface area (Å²) in [6.07, 6.45) is 0. The lowest BCUT2D eigenvalue weighted by Crippen LogP contribution is -2.38. The molecule has 0 aliphatic heterocycles. The first-order valence-electron chi connectivity index (χ1n) is 16.1. The quantitative estimate of drug-likeness (QED) is 0.0631. The van der Waals surface area contributed by atoms with Crippen molar-refractivity contribution in [3.63, 3.8) is 0 Å². The molecule has 4 aromatic carbocycles. The van der Waals surface area contributed by atoms with Crippen LogP contribution < -0.4 is 4.90 Å². The second-order valence-corrected chi connectivity index (χ2v) is 11.4. The standard InChI is InChI=1S/C21H25NO4.C18H18ClNO3/c1-4-22(5-2)20(23)19(18-13-11-16(3)12-14-18)21(24)26-25-15-17-9-7-6-8-10-17;1-3-23-18(22)16(13-8-7-9-14(19)12-13)17(21)20(2)15-10-5-4-6-11-15/h6-14,19H,4-5,15H2,1-3H3;4-12,16H,3H2,1-2H3. The van der Waals surface area contributed by atoms with Crippen LogP contribution in [0, 0.1) is 6.92 Å². The van der Waals surface area contributed by atoms with E-state index in [0.717, 1.165) is 11.1 Å². The van der Waals surface area contributed by atoms with Crippen LogP contribution in [0.25, 0.3) is 0 Å². The highest BCUT2D eigenvalue weighted by Crippen LogP contribution is 2.26. The summed E-state index contributed by atoms with van der Waals surface area (Å²) in [6, 6.07) is 32.5. The number of nitrogens with zero attached hydrogens (tertiary/aromatic N) is 2. The Morgan fingerprint density at radius 2 is 1.29 bits per heavy atom. The van der Waals surface area contributed by atoms with Crippen molar-refractivity contribution in [2.75, 3.05) is 31.6 Å². The van der Waals surface area contributed by atoms with Crippen LogP contribution >= 0.6 is 11.6 Å². The van der Waals surface area contributed by atoms with Crippen molar-refractivity contribution < 1.29 is 33.7 Å². The molecule has 0 saturated carbocycles. The van der Waals surface area contributed by atoms with Crippen LogP contribution in [-0.4, -0.2) is 55.4 Å². The van der Waals surface area contributed by atoms with E-state index in [1.807, 2.05) is 81.4 Å². The van der Waals surface area contributed by atoms with E-state index in [2.05, 4.69) is 0 Å². The summed E-state index contributed by atoms with van der Waals surface area (Å²) < 4.78 is 5.08. The van der Waals surface area contributed by atoms with Crippen LogP contribution in [0.2, 0.25) is 5.02 Å². The fourth-order valence-corrected chi connectivity index (χ4v) is 5.10. The molecule has 4 rings (SSSR count). The summed E-state index contributed by atoms with van der Waals surface area (Å²) >= 11 is 5.99. The van der Waals surface area contributed by atoms with E-state index in [4.69, 9.17) is 26.1 Å². The van der Waals surface area contributed by atoms with Crippen LogP contribution in [0.3, 0.4) is 0 Å². The largest absolute Gasteiger partial charge is 0.465 e. The number of amides is 2. The number of halogens is 1. The molecule has 0 fully saturated rings. The fourth-order valence-electron chi connectivity index (χ4n) is 4.90. The predicted molar refractivity (Wildman–Crippen MR) is 190 cm³/mol. The number of benzene rings is 4. The number of rotatable bonds is 13. The maximum Gasteiger partial charge on any atom is 0.359 e. The van der Waals surface area contributed by atoms with Crippen molar-refractivity contribution in [3.05, 3.63) is 136 Å². The number of hydrogen-bond acceptors (Lipinski definition) is 7. The van der Waals surface area contributed by atoms with Crippen molar-refractivity contribution in [1.82, 2.24) is 4.90 Å². The maximum absolute atomic E-state index is 12.9. The number of hydrogen-bond donors (Lipinski definition) is 0. The molecule has 10 heteroatoms. The molecule has 9 nitrogen and oxygen atoms in total. The van der Waals surface area contributed by atoms with Gasteiger partial charge in [-0.3, -0.25) is 19.3 Å². The van der Waals surface area contributed by atoms with E-state index in [9.17, 15) is 19.2 Å². The molecule has 0 bridgehead atoms. The van der Waals surface area contributed by atoms with Crippen molar-refractivity contribution in [2.45, 2.75) is 46.1 Å². The van der Waals surface area contributed by atoms with Crippen LogP contribution in [-0.2, 0) is 40.3 Å². The Balaban J connectivity index is 0.000000267. The van der Waals surface area contributed by atoms with Gasteiger partial charge in [0, 0.05) is 30.8 Å². The molecule has 49 heavy (non-hydrogen) atoms. The number of carbonyl (C=O) groups is 4. The van der Waals surface area contributed by atoms with Crippen molar-refractivity contribution >= 4 is 41.0 Å². The maximum atomic E-state index is 12.9. The Morgan fingerprint density at radius 1 is 0.694 bits per heavy atom. The lowest BCUT2D eigenvalue weighted by Gasteiger charge is -2.24. The van der Waals surface area contributed by atoms with Crippen molar-refractivity contribution in [3.8, 4) is 0 Å². The predicted octanol–water partition coefficient (Wildman–Crippen LogP) is 7.27. The lowest BCUT2D eigenvalue weighted by molar-refractivity contribution is -0.281. The summed E-state index contributed by atoms with van der Waals surface area (Å²) in [5.41, 5.74) is 3.75. The molecule has 0 saturated heterocycles. The van der Waals surface area contributed by atoms with Gasteiger partial charge in [-0.05, 0) is 68.7 Å². The van der Waals surface area contributed by atoms with E-state index in [-0.39, 0.29) is 25.0 Å². The number of para-hydroxylation sites is 1. The van der Waals surface area contributed by atoms with Gasteiger partial charge in [-0.25, -0.2) is 4.79 Å². The van der Waals surface area contributed by atoms with Gasteiger partial charge < -0.3 is 14.5 Å². The first-order chi connectivity index (χ1) is 23.6. The highest BCUT2D eigenvalue weighted by Gasteiger charge is 2.34. The zero-order chi connectivity index (χ0) is 35.8. The minimum absolute atomic E-state index is 0.132. The summed E-state index contributed by atoms with van der Waals surface area (Å²) in [5, 5.41) is 0.465. The average Bonchev–Trinajstić information content (AvgIpc) is 3.11. The summed E-state index contributed by atoms with van der Waals surface area (Å²) in [7, 11) is 1.63. The third-order valence-corrected chi connectivity index (χ3v) is 7.84. The molecular weight excluding hydrogens is 644 g/mol. The Labute approximate surface area is 293 Å². The van der Waals surface area contributed by atoms with Gasteiger partial charge in [0.05, 0.1) is 6.61 Å². The van der Waals surface area contributed by atoms with Gasteiger partial charge in [-0.2, -0.15) is 4.89 Å². The molecule has 0 aliphatic rings. The highest BCUT2D eigenvalue weighted by molar-refractivity contribution is 6.30. The van der Waals surface area contributed by atoms with Crippen molar-refractivity contribution in [1.29, 1.82) is 0 Å². The molecule has 2 amide bonds. The van der Waals surface area contributed by atoms with Crippen molar-refractivity contribution in [2.24, 2.45) is 0 Å². The normalized spacial score (nSPS) is 11.6. The Kier molecular flexibility index (Phi) is 15.5. The molecule has 0 radical (unpaired) electrons. The number of aryl methyl sites for hydroxylation is 1. The molecule has 2 atom stereocenters. The number of ether oxygens (including phenoxy) is 1. The average molecular weight is 687 g/mol. The fraction of sp³-hybridized carbons (Fsp3) is 0.282. The molecule has 0 heterocycles. The zero-order valence-corrected chi connectivity index (χ0v) is 29.3. The third kappa shape index (κ3) is 11.3. The SMILES string of the molecule is CCN(CC)C(=O)C(C(=O)OOCc1ccccc1)c1ccc(C)cc1.CCOC(=O)C(C(=O)N(C)c1ccccc1)c1cccc(Cl)c1. The first-order valence-corrected chi connectivity index (χ1v) is 16.5. The van der Waals surface area contributed by atoms with Gasteiger partial charge in [0.2, 0.25) is 11.8 Å². The zero-order valence-electron chi connectivity index (χ0n) is 28.5. The number of anilines is 1. The minimum atomic E-state index is -1.04. The van der Waals surface area contributed by atoms with Crippen LogP contribution in [0.1, 0.15) is 54.9 Å². The monoisotopic (exact) mass is 686 g/mol. The molecule has 0 N–H and O–H groups in total. The van der Waals surface area contributed by atoms with Gasteiger partial charge in [0.15, 0.2) is 11.8 Å². The Hall–Kier alpha value is -4.99. The van der Waals surface area contributed by atoms with Gasteiger partial charge in [-0.15, -0.1) is 0 Å². The number of likely N-dealkylation sites (N-methyl/N-ethyl adjacent to an activating group) is 2. The van der Waals surface area contributed by atoms with Gasteiger partial charge in [0.1, 0.15) is 6.61 Å². The smallest absolute Gasteiger partial charge is 0.359 e. The Morgan fingerprint density at radius 3 is 1.86 bits per heavy atom. The molecule has 0 spiro atoms. The highest BCUT2D eigenvalue weighted by atomic mass is 35.5. The van der Waals surface area contributed by atoms with E-state index in [0.29, 0.717) is 34.9 Å². The van der Waals surface area contributed by atoms with E-state index in [1.54, 1.807) is 67.4 Å². The second-order valence-electron chi connectivity index (χ2n) is 11.0. The van der Waals surface area contributed by atoms with E-state index < -0.39 is 23.8 Å². The van der Waals surface area contributed by atoms with Gasteiger partial charge >= 0.3 is 11.9 Å². The summed E-state index contributed by atoms with van der Waals surface area (Å²) in [6.45, 7) is 8.80.